The van der Waals surface area contributed by atoms with Crippen molar-refractivity contribution < 1.29 is 14.7 Å². The Morgan fingerprint density at radius 1 is 1.05 bits per heavy atom. The molecule has 0 radical (unpaired) electrons. The van der Waals surface area contributed by atoms with Crippen LogP contribution in [0.25, 0.3) is 11.0 Å². The standard InChI is InChI=1S/C28H39N9O3/c1-34(2)26(38)23-17-20-18-31-27(33-25(20)37(23)21-7-3-4-8-21)32-24-10-9-22(19-30-24)36-15-13-35(14-16-36)12-6-5-11-29-28(39)40/h9-10,17-19,21,29H,3-8,11-16H2,1-2H3,(H,39,40)(H,30,31,32,33). The second-order valence-corrected chi connectivity index (χ2v) is 10.8. The zero-order valence-corrected chi connectivity index (χ0v) is 23.3. The molecule has 5 rings (SSSR count). The Balaban J connectivity index is 1.20. The lowest BCUT2D eigenvalue weighted by atomic mass is 10.2. The van der Waals surface area contributed by atoms with Gasteiger partial charge in [0.2, 0.25) is 5.95 Å². The van der Waals surface area contributed by atoms with Crippen LogP contribution in [0.15, 0.2) is 30.6 Å². The number of anilines is 3. The number of aromatic nitrogens is 4. The molecule has 1 aliphatic carbocycles. The van der Waals surface area contributed by atoms with Crippen molar-refractivity contribution in [1.82, 2.24) is 34.6 Å². The van der Waals surface area contributed by atoms with E-state index in [1.54, 1.807) is 25.2 Å². The van der Waals surface area contributed by atoms with Crippen molar-refractivity contribution in [1.29, 1.82) is 0 Å². The van der Waals surface area contributed by atoms with Crippen molar-refractivity contribution in [2.75, 3.05) is 63.6 Å². The Kier molecular flexibility index (Phi) is 8.63. The fourth-order valence-corrected chi connectivity index (χ4v) is 5.64. The van der Waals surface area contributed by atoms with Gasteiger partial charge in [-0.05, 0) is 50.4 Å². The summed E-state index contributed by atoms with van der Waals surface area (Å²) in [6.45, 7) is 5.28. The highest BCUT2D eigenvalue weighted by molar-refractivity contribution is 5.97. The van der Waals surface area contributed by atoms with Crippen LogP contribution >= 0.6 is 0 Å². The molecule has 3 aromatic heterocycles. The highest BCUT2D eigenvalue weighted by Gasteiger charge is 2.26. The van der Waals surface area contributed by atoms with E-state index in [1.165, 1.54) is 0 Å². The van der Waals surface area contributed by atoms with Gasteiger partial charge in [0.25, 0.3) is 5.91 Å². The molecular formula is C28H39N9O3. The second kappa shape index (κ2) is 12.5. The van der Waals surface area contributed by atoms with Gasteiger partial charge in [0.1, 0.15) is 17.2 Å². The lowest BCUT2D eigenvalue weighted by molar-refractivity contribution is 0.0815. The van der Waals surface area contributed by atoms with Crippen LogP contribution in [0, 0.1) is 0 Å². The average Bonchev–Trinajstić information content (AvgIpc) is 3.61. The summed E-state index contributed by atoms with van der Waals surface area (Å²) in [6.07, 6.45) is 8.94. The number of pyridine rings is 1. The quantitative estimate of drug-likeness (QED) is 0.325. The molecule has 0 bridgehead atoms. The SMILES string of the molecule is CN(C)C(=O)c1cc2cnc(Nc3ccc(N4CCN(CCCCNC(=O)O)CC4)cn3)nc2n1C1CCCC1. The molecule has 4 heterocycles. The molecule has 2 fully saturated rings. The first kappa shape index (κ1) is 27.6. The molecule has 0 aromatic carbocycles. The number of carbonyl (C=O) groups excluding carboxylic acids is 1. The van der Waals surface area contributed by atoms with E-state index < -0.39 is 6.09 Å². The van der Waals surface area contributed by atoms with Crippen LogP contribution in [-0.4, -0.2) is 99.8 Å². The molecule has 0 unspecified atom stereocenters. The number of nitrogens with one attached hydrogen (secondary N) is 2. The summed E-state index contributed by atoms with van der Waals surface area (Å²) < 4.78 is 2.11. The summed E-state index contributed by atoms with van der Waals surface area (Å²) in [5.74, 6) is 1.10. The lowest BCUT2D eigenvalue weighted by Gasteiger charge is -2.36. The lowest BCUT2D eigenvalue weighted by Crippen LogP contribution is -2.46. The molecular weight excluding hydrogens is 510 g/mol. The van der Waals surface area contributed by atoms with Crippen LogP contribution in [0.3, 0.4) is 0 Å². The number of rotatable bonds is 10. The number of carboxylic acid groups (broad SMARTS) is 1. The largest absolute Gasteiger partial charge is 0.465 e. The van der Waals surface area contributed by atoms with Crippen molar-refractivity contribution in [2.24, 2.45) is 0 Å². The van der Waals surface area contributed by atoms with Crippen LogP contribution in [0.1, 0.15) is 55.1 Å². The molecule has 2 aliphatic rings. The van der Waals surface area contributed by atoms with E-state index in [2.05, 4.69) is 41.0 Å². The Labute approximate surface area is 234 Å². The minimum atomic E-state index is -0.960. The number of unbranched alkanes of at least 4 members (excludes halogenated alkanes) is 1. The number of hydrogen-bond donors (Lipinski definition) is 3. The molecule has 40 heavy (non-hydrogen) atoms. The maximum atomic E-state index is 12.9. The van der Waals surface area contributed by atoms with E-state index >= 15 is 0 Å². The fourth-order valence-electron chi connectivity index (χ4n) is 5.64. The molecule has 12 nitrogen and oxygen atoms in total. The zero-order chi connectivity index (χ0) is 28.1. The topological polar surface area (TPSA) is 132 Å². The van der Waals surface area contributed by atoms with Crippen LogP contribution in [0.2, 0.25) is 0 Å². The first-order valence-corrected chi connectivity index (χ1v) is 14.2. The smallest absolute Gasteiger partial charge is 0.404 e. The first-order valence-electron chi connectivity index (χ1n) is 14.2. The molecule has 0 spiro atoms. The number of piperazine rings is 1. The summed E-state index contributed by atoms with van der Waals surface area (Å²) in [7, 11) is 3.55. The van der Waals surface area contributed by atoms with Gasteiger partial charge in [-0.25, -0.2) is 14.8 Å². The van der Waals surface area contributed by atoms with E-state index in [0.717, 1.165) is 88.0 Å². The maximum Gasteiger partial charge on any atom is 0.404 e. The monoisotopic (exact) mass is 549 g/mol. The molecule has 12 heteroatoms. The van der Waals surface area contributed by atoms with E-state index in [1.807, 2.05) is 18.3 Å². The third-order valence-electron chi connectivity index (χ3n) is 7.79. The molecule has 2 amide bonds. The average molecular weight is 550 g/mol. The van der Waals surface area contributed by atoms with Gasteiger partial charge in [0, 0.05) is 64.4 Å². The predicted molar refractivity (Wildman–Crippen MR) is 154 cm³/mol. The highest BCUT2D eigenvalue weighted by Crippen LogP contribution is 2.35. The summed E-state index contributed by atoms with van der Waals surface area (Å²) in [6, 6.07) is 6.19. The summed E-state index contributed by atoms with van der Waals surface area (Å²) in [5.41, 5.74) is 2.52. The maximum absolute atomic E-state index is 12.9. The zero-order valence-electron chi connectivity index (χ0n) is 23.3. The van der Waals surface area contributed by atoms with Gasteiger partial charge in [-0.15, -0.1) is 0 Å². The van der Waals surface area contributed by atoms with Crippen LogP contribution in [-0.2, 0) is 0 Å². The fraction of sp³-hybridized carbons (Fsp3) is 0.536. The second-order valence-electron chi connectivity index (χ2n) is 10.8. The molecule has 1 aliphatic heterocycles. The van der Waals surface area contributed by atoms with Gasteiger partial charge in [0.05, 0.1) is 11.9 Å². The normalized spacial score (nSPS) is 16.4. The van der Waals surface area contributed by atoms with E-state index in [0.29, 0.717) is 24.0 Å². The van der Waals surface area contributed by atoms with Crippen molar-refractivity contribution in [3.8, 4) is 0 Å². The third-order valence-corrected chi connectivity index (χ3v) is 7.79. The van der Waals surface area contributed by atoms with E-state index in [-0.39, 0.29) is 11.9 Å². The van der Waals surface area contributed by atoms with Gasteiger partial charge in [-0.3, -0.25) is 9.69 Å². The van der Waals surface area contributed by atoms with Crippen molar-refractivity contribution in [3.63, 3.8) is 0 Å². The number of carbonyl (C=O) groups is 2. The van der Waals surface area contributed by atoms with Crippen molar-refractivity contribution in [3.05, 3.63) is 36.3 Å². The minimum absolute atomic E-state index is 0.0227. The van der Waals surface area contributed by atoms with Gasteiger partial charge in [0.15, 0.2) is 0 Å². The van der Waals surface area contributed by atoms with Crippen LogP contribution in [0.4, 0.5) is 22.2 Å². The summed E-state index contributed by atoms with van der Waals surface area (Å²) in [5, 5.41) is 15.2. The van der Waals surface area contributed by atoms with Gasteiger partial charge >= 0.3 is 6.09 Å². The first-order chi connectivity index (χ1) is 19.4. The minimum Gasteiger partial charge on any atom is -0.465 e. The number of nitrogens with zero attached hydrogens (tertiary/aromatic N) is 7. The highest BCUT2D eigenvalue weighted by atomic mass is 16.4. The molecule has 1 saturated carbocycles. The van der Waals surface area contributed by atoms with Gasteiger partial charge in [-0.2, -0.15) is 4.98 Å². The Morgan fingerprint density at radius 3 is 2.50 bits per heavy atom. The number of fused-ring (bicyclic) bond motifs is 1. The van der Waals surface area contributed by atoms with Gasteiger partial charge in [-0.1, -0.05) is 12.8 Å². The van der Waals surface area contributed by atoms with Gasteiger partial charge < -0.3 is 30.1 Å². The Morgan fingerprint density at radius 2 is 1.82 bits per heavy atom. The summed E-state index contributed by atoms with van der Waals surface area (Å²) >= 11 is 0. The summed E-state index contributed by atoms with van der Waals surface area (Å²) in [4.78, 5) is 43.8. The Bertz CT molecular complexity index is 1310. The Hall–Kier alpha value is -3.93. The predicted octanol–water partition coefficient (Wildman–Crippen LogP) is 3.56. The molecule has 3 N–H and O–H groups in total. The molecule has 0 atom stereocenters. The number of hydrogen-bond acceptors (Lipinski definition) is 8. The molecule has 1 saturated heterocycles. The van der Waals surface area contributed by atoms with E-state index in [4.69, 9.17) is 10.1 Å². The van der Waals surface area contributed by atoms with Crippen molar-refractivity contribution in [2.45, 2.75) is 44.6 Å². The van der Waals surface area contributed by atoms with Crippen LogP contribution in [0.5, 0.6) is 0 Å². The number of amides is 2. The van der Waals surface area contributed by atoms with E-state index in [9.17, 15) is 9.59 Å². The third kappa shape index (κ3) is 6.44. The van der Waals surface area contributed by atoms with Crippen molar-refractivity contribution >= 4 is 40.5 Å². The molecule has 214 valence electrons. The van der Waals surface area contributed by atoms with Crippen LogP contribution < -0.4 is 15.5 Å². The molecule has 3 aromatic rings.